The number of hydrogen-bond acceptors (Lipinski definition) is 5. The van der Waals surface area contributed by atoms with Gasteiger partial charge in [-0.1, -0.05) is 16.8 Å². The van der Waals surface area contributed by atoms with Gasteiger partial charge in [0.05, 0.1) is 24.2 Å². The molecule has 1 aromatic heterocycles. The number of rotatable bonds is 2. The molecule has 2 N–H and O–H groups in total. The molecule has 1 fully saturated rings. The third-order valence-corrected chi connectivity index (χ3v) is 4.28. The molecule has 5 nitrogen and oxygen atoms in total. The van der Waals surface area contributed by atoms with E-state index < -0.39 is 0 Å². The number of benzene rings is 1. The van der Waals surface area contributed by atoms with Crippen LogP contribution in [0, 0.1) is 0 Å². The van der Waals surface area contributed by atoms with Gasteiger partial charge in [0.1, 0.15) is 0 Å². The van der Waals surface area contributed by atoms with Crippen molar-refractivity contribution in [3.05, 3.63) is 33.6 Å². The Morgan fingerprint density at radius 3 is 2.89 bits per heavy atom. The molecule has 100 valence electrons. The quantitative estimate of drug-likeness (QED) is 0.906. The molecule has 2 heterocycles. The first-order chi connectivity index (χ1) is 9.15. The number of aromatic nitrogens is 2. The summed E-state index contributed by atoms with van der Waals surface area (Å²) >= 11 is 9.32. The summed E-state index contributed by atoms with van der Waals surface area (Å²) in [5.74, 6) is 1.01. The lowest BCUT2D eigenvalue weighted by molar-refractivity contribution is 0.187. The van der Waals surface area contributed by atoms with Crippen LogP contribution in [0.3, 0.4) is 0 Å². The third kappa shape index (κ3) is 2.53. The average Bonchev–Trinajstić information content (AvgIpc) is 3.01. The molecular formula is C12H11BrClN3O2. The molecule has 1 aromatic carbocycles. The summed E-state index contributed by atoms with van der Waals surface area (Å²) in [5.41, 5.74) is 6.76. The number of nitrogens with two attached hydrogens (primary N) is 1. The van der Waals surface area contributed by atoms with Crippen LogP contribution in [0.4, 0.5) is 0 Å². The van der Waals surface area contributed by atoms with E-state index in [2.05, 4.69) is 26.1 Å². The Labute approximate surface area is 123 Å². The topological polar surface area (TPSA) is 74.2 Å². The Bertz CT molecular complexity index is 604. The predicted octanol–water partition coefficient (Wildman–Crippen LogP) is 2.59. The van der Waals surface area contributed by atoms with Crippen LogP contribution in [0.1, 0.15) is 11.8 Å². The minimum absolute atomic E-state index is 0.0306. The molecule has 1 aliphatic rings. The van der Waals surface area contributed by atoms with Gasteiger partial charge in [0.2, 0.25) is 11.7 Å². The second-order valence-corrected chi connectivity index (χ2v) is 5.65. The standard InChI is InChI=1S/C12H11BrClN3O2/c13-8-3-6(1-2-9(8)14)11-16-12(19-17-11)7-4-18-5-10(7)15/h1-3,7,10H,4-5,15H2. The highest BCUT2D eigenvalue weighted by Crippen LogP contribution is 2.29. The zero-order valence-corrected chi connectivity index (χ0v) is 12.2. The summed E-state index contributed by atoms with van der Waals surface area (Å²) in [6.07, 6.45) is 0. The van der Waals surface area contributed by atoms with Gasteiger partial charge in [0.25, 0.3) is 0 Å². The first-order valence-electron chi connectivity index (χ1n) is 5.77. The summed E-state index contributed by atoms with van der Waals surface area (Å²) in [5, 5.41) is 4.61. The minimum atomic E-state index is -0.0924. The normalized spacial score (nSPS) is 22.9. The first-order valence-corrected chi connectivity index (χ1v) is 6.94. The fourth-order valence-electron chi connectivity index (χ4n) is 1.96. The molecular weight excluding hydrogens is 334 g/mol. The molecule has 0 bridgehead atoms. The van der Waals surface area contributed by atoms with E-state index in [0.717, 1.165) is 10.0 Å². The second kappa shape index (κ2) is 5.20. The molecule has 0 radical (unpaired) electrons. The van der Waals surface area contributed by atoms with E-state index in [1.54, 1.807) is 6.07 Å². The van der Waals surface area contributed by atoms with Crippen molar-refractivity contribution >= 4 is 27.5 Å². The van der Waals surface area contributed by atoms with E-state index in [-0.39, 0.29) is 12.0 Å². The summed E-state index contributed by atoms with van der Waals surface area (Å²) in [7, 11) is 0. The number of hydrogen-bond donors (Lipinski definition) is 1. The van der Waals surface area contributed by atoms with Crippen LogP contribution < -0.4 is 5.73 Å². The monoisotopic (exact) mass is 343 g/mol. The van der Waals surface area contributed by atoms with E-state index in [9.17, 15) is 0 Å². The Kier molecular flexibility index (Phi) is 3.58. The van der Waals surface area contributed by atoms with Gasteiger partial charge in [-0.3, -0.25) is 0 Å². The maximum Gasteiger partial charge on any atom is 0.234 e. The van der Waals surface area contributed by atoms with Crippen LogP contribution >= 0.6 is 27.5 Å². The van der Waals surface area contributed by atoms with Gasteiger partial charge in [0.15, 0.2) is 0 Å². The lowest BCUT2D eigenvalue weighted by Crippen LogP contribution is -2.26. The van der Waals surface area contributed by atoms with Gasteiger partial charge in [0, 0.05) is 16.1 Å². The number of halogens is 2. The van der Waals surface area contributed by atoms with E-state index >= 15 is 0 Å². The zero-order valence-electron chi connectivity index (χ0n) is 9.85. The molecule has 0 saturated carbocycles. The second-order valence-electron chi connectivity index (χ2n) is 4.39. The van der Waals surface area contributed by atoms with E-state index in [1.165, 1.54) is 0 Å². The molecule has 1 aliphatic heterocycles. The van der Waals surface area contributed by atoms with Crippen molar-refractivity contribution in [3.63, 3.8) is 0 Å². The van der Waals surface area contributed by atoms with Gasteiger partial charge in [-0.05, 0) is 34.1 Å². The van der Waals surface area contributed by atoms with Crippen LogP contribution in [-0.4, -0.2) is 29.4 Å². The van der Waals surface area contributed by atoms with Crippen LogP contribution in [0.5, 0.6) is 0 Å². The molecule has 2 unspecified atom stereocenters. The molecule has 2 aromatic rings. The molecule has 3 rings (SSSR count). The van der Waals surface area contributed by atoms with Crippen molar-refractivity contribution in [3.8, 4) is 11.4 Å². The van der Waals surface area contributed by atoms with Crippen LogP contribution in [0.25, 0.3) is 11.4 Å². The van der Waals surface area contributed by atoms with E-state index in [0.29, 0.717) is 30.0 Å². The number of ether oxygens (including phenoxy) is 1. The minimum Gasteiger partial charge on any atom is -0.379 e. The average molecular weight is 345 g/mol. The maximum atomic E-state index is 5.95. The Morgan fingerprint density at radius 1 is 1.37 bits per heavy atom. The van der Waals surface area contributed by atoms with E-state index in [1.807, 2.05) is 12.1 Å². The molecule has 1 saturated heterocycles. The smallest absolute Gasteiger partial charge is 0.234 e. The van der Waals surface area contributed by atoms with Crippen molar-refractivity contribution in [2.24, 2.45) is 5.73 Å². The number of nitrogens with zero attached hydrogens (tertiary/aromatic N) is 2. The molecule has 19 heavy (non-hydrogen) atoms. The zero-order chi connectivity index (χ0) is 13.4. The summed E-state index contributed by atoms with van der Waals surface area (Å²) in [4.78, 5) is 4.38. The summed E-state index contributed by atoms with van der Waals surface area (Å²) in [6.45, 7) is 1.04. The van der Waals surface area contributed by atoms with E-state index in [4.69, 9.17) is 26.6 Å². The van der Waals surface area contributed by atoms with Gasteiger partial charge in [-0.15, -0.1) is 0 Å². The van der Waals surface area contributed by atoms with Gasteiger partial charge < -0.3 is 15.0 Å². The van der Waals surface area contributed by atoms with Gasteiger partial charge >= 0.3 is 0 Å². The fraction of sp³-hybridized carbons (Fsp3) is 0.333. The molecule has 0 spiro atoms. The third-order valence-electron chi connectivity index (χ3n) is 3.06. The molecule has 2 atom stereocenters. The summed E-state index contributed by atoms with van der Waals surface area (Å²) < 4.78 is 11.4. The van der Waals surface area contributed by atoms with Crippen molar-refractivity contribution in [2.45, 2.75) is 12.0 Å². The van der Waals surface area contributed by atoms with Crippen LogP contribution in [0.15, 0.2) is 27.2 Å². The Hall–Kier alpha value is -0.950. The van der Waals surface area contributed by atoms with Crippen molar-refractivity contribution < 1.29 is 9.26 Å². The van der Waals surface area contributed by atoms with Gasteiger partial charge in [-0.2, -0.15) is 4.98 Å². The summed E-state index contributed by atoms with van der Waals surface area (Å²) in [6, 6.07) is 5.38. The van der Waals surface area contributed by atoms with Crippen LogP contribution in [-0.2, 0) is 4.74 Å². The Morgan fingerprint density at radius 2 is 2.21 bits per heavy atom. The fourth-order valence-corrected chi connectivity index (χ4v) is 2.46. The SMILES string of the molecule is NC1COCC1c1nc(-c2ccc(Cl)c(Br)c2)no1. The largest absolute Gasteiger partial charge is 0.379 e. The van der Waals surface area contributed by atoms with Crippen LogP contribution in [0.2, 0.25) is 5.02 Å². The molecule has 7 heteroatoms. The Balaban J connectivity index is 1.90. The molecule has 0 amide bonds. The van der Waals surface area contributed by atoms with Crippen molar-refractivity contribution in [2.75, 3.05) is 13.2 Å². The first kappa shape index (κ1) is 13.1. The highest BCUT2D eigenvalue weighted by Gasteiger charge is 2.31. The highest BCUT2D eigenvalue weighted by atomic mass is 79.9. The van der Waals surface area contributed by atoms with Crippen molar-refractivity contribution in [1.82, 2.24) is 10.1 Å². The highest BCUT2D eigenvalue weighted by molar-refractivity contribution is 9.10. The molecule has 0 aliphatic carbocycles. The maximum absolute atomic E-state index is 5.95. The van der Waals surface area contributed by atoms with Gasteiger partial charge in [-0.25, -0.2) is 0 Å². The lowest BCUT2D eigenvalue weighted by Gasteiger charge is -2.06. The predicted molar refractivity (Wildman–Crippen MR) is 74.0 cm³/mol. The van der Waals surface area contributed by atoms with Crippen molar-refractivity contribution in [1.29, 1.82) is 0 Å². The lowest BCUT2D eigenvalue weighted by atomic mass is 10.1.